The lowest BCUT2D eigenvalue weighted by molar-refractivity contribution is -0.203. The fraction of sp³-hybridized carbons (Fsp3) is 0.750. The van der Waals surface area contributed by atoms with E-state index >= 15 is 0 Å². The molecule has 0 saturated carbocycles. The van der Waals surface area contributed by atoms with Crippen molar-refractivity contribution in [2.24, 2.45) is 0 Å². The Balaban J connectivity index is 2.82. The van der Waals surface area contributed by atoms with Crippen molar-refractivity contribution in [3.8, 4) is 0 Å². The highest BCUT2D eigenvalue weighted by Gasteiger charge is 2.42. The highest BCUT2D eigenvalue weighted by molar-refractivity contribution is 9.09. The molecule has 1 rings (SSSR count). The smallest absolute Gasteiger partial charge is 0.303 e. The molecule has 4 atom stereocenters. The Kier molecular flexibility index (Phi) is 6.41. The zero-order valence-electron chi connectivity index (χ0n) is 11.5. The molecule has 1 fully saturated rings. The van der Waals surface area contributed by atoms with Gasteiger partial charge in [0.25, 0.3) is 0 Å². The summed E-state index contributed by atoms with van der Waals surface area (Å²) in [5, 5.41) is -0.390. The highest BCUT2D eigenvalue weighted by atomic mass is 79.9. The van der Waals surface area contributed by atoms with Gasteiger partial charge in [0.05, 0.1) is 0 Å². The van der Waals surface area contributed by atoms with E-state index < -0.39 is 36.2 Å². The van der Waals surface area contributed by atoms with E-state index in [4.69, 9.17) is 18.9 Å². The van der Waals surface area contributed by atoms with Gasteiger partial charge in [-0.05, 0) is 0 Å². The summed E-state index contributed by atoms with van der Waals surface area (Å²) in [6.45, 7) is 3.69. The summed E-state index contributed by atoms with van der Waals surface area (Å²) in [5.74, 6) is -1.49. The van der Waals surface area contributed by atoms with Crippen LogP contribution in [0.15, 0.2) is 0 Å². The van der Waals surface area contributed by atoms with E-state index in [-0.39, 0.29) is 11.6 Å². The maximum atomic E-state index is 11.2. The lowest BCUT2D eigenvalue weighted by atomic mass is 10.0. The second kappa shape index (κ2) is 7.58. The molecule has 1 heterocycles. The van der Waals surface area contributed by atoms with Crippen LogP contribution in [0.5, 0.6) is 0 Å². The molecule has 0 aliphatic carbocycles. The third-order valence-electron chi connectivity index (χ3n) is 2.54. The van der Waals surface area contributed by atoms with Gasteiger partial charge in [-0.25, -0.2) is 0 Å². The molecule has 114 valence electrons. The van der Waals surface area contributed by atoms with Crippen molar-refractivity contribution in [3.63, 3.8) is 0 Å². The Morgan fingerprint density at radius 2 is 1.70 bits per heavy atom. The predicted molar refractivity (Wildman–Crippen MR) is 69.9 cm³/mol. The topological polar surface area (TPSA) is 88.1 Å². The number of halogens is 1. The van der Waals surface area contributed by atoms with Gasteiger partial charge in [0, 0.05) is 27.2 Å². The molecule has 0 aromatic rings. The van der Waals surface area contributed by atoms with Gasteiger partial charge in [-0.2, -0.15) is 0 Å². The number of alkyl halides is 1. The van der Waals surface area contributed by atoms with E-state index in [1.807, 2.05) is 0 Å². The van der Waals surface area contributed by atoms with Crippen LogP contribution in [0, 0.1) is 0 Å². The zero-order chi connectivity index (χ0) is 15.3. The van der Waals surface area contributed by atoms with Crippen LogP contribution in [0.1, 0.15) is 27.2 Å². The maximum Gasteiger partial charge on any atom is 0.303 e. The molecule has 20 heavy (non-hydrogen) atoms. The van der Waals surface area contributed by atoms with Gasteiger partial charge in [0.2, 0.25) is 0 Å². The molecule has 0 N–H and O–H groups in total. The van der Waals surface area contributed by atoms with Gasteiger partial charge in [-0.1, -0.05) is 15.9 Å². The van der Waals surface area contributed by atoms with Crippen LogP contribution in [0.4, 0.5) is 0 Å². The van der Waals surface area contributed by atoms with E-state index in [9.17, 15) is 14.4 Å². The van der Waals surface area contributed by atoms with E-state index in [0.29, 0.717) is 6.42 Å². The number of ether oxygens (including phenoxy) is 4. The third-order valence-corrected chi connectivity index (χ3v) is 3.13. The number of rotatable bonds is 4. The number of carbonyl (C=O) groups excluding carboxylic acids is 3. The Morgan fingerprint density at radius 3 is 2.20 bits per heavy atom. The molecular formula is C12H17BrO7. The van der Waals surface area contributed by atoms with E-state index in [2.05, 4.69) is 15.9 Å². The van der Waals surface area contributed by atoms with Gasteiger partial charge in [-0.3, -0.25) is 14.4 Å². The molecule has 7 nitrogen and oxygen atoms in total. The van der Waals surface area contributed by atoms with Crippen LogP contribution in [0.2, 0.25) is 0 Å². The number of esters is 3. The third kappa shape index (κ3) is 5.46. The Morgan fingerprint density at radius 1 is 1.10 bits per heavy atom. The average Bonchev–Trinajstić information content (AvgIpc) is 2.28. The quantitative estimate of drug-likeness (QED) is 0.422. The van der Waals surface area contributed by atoms with E-state index in [1.165, 1.54) is 20.8 Å². The van der Waals surface area contributed by atoms with Crippen molar-refractivity contribution in [2.75, 3.05) is 6.61 Å². The van der Waals surface area contributed by atoms with Gasteiger partial charge < -0.3 is 18.9 Å². The SMILES string of the molecule is CC(=O)OC[C@H]1O[C@H](Br)C[C@@H](OC(C)=O)[C@H]1OC(C)=O. The van der Waals surface area contributed by atoms with Crippen LogP contribution in [-0.4, -0.2) is 47.8 Å². The summed E-state index contributed by atoms with van der Waals surface area (Å²) in [5.41, 5.74) is 0. The molecule has 0 radical (unpaired) electrons. The summed E-state index contributed by atoms with van der Waals surface area (Å²) < 4.78 is 20.7. The fourth-order valence-electron chi connectivity index (χ4n) is 1.88. The largest absolute Gasteiger partial charge is 0.463 e. The van der Waals surface area contributed by atoms with E-state index in [1.54, 1.807) is 0 Å². The Hall–Kier alpha value is -1.15. The molecular weight excluding hydrogens is 336 g/mol. The van der Waals surface area contributed by atoms with Crippen molar-refractivity contribution in [1.29, 1.82) is 0 Å². The summed E-state index contributed by atoms with van der Waals surface area (Å²) >= 11 is 3.27. The minimum atomic E-state index is -0.815. The maximum absolute atomic E-state index is 11.2. The average molecular weight is 353 g/mol. The van der Waals surface area contributed by atoms with Crippen LogP contribution >= 0.6 is 15.9 Å². The van der Waals surface area contributed by atoms with Gasteiger partial charge >= 0.3 is 17.9 Å². The molecule has 0 aromatic heterocycles. The summed E-state index contributed by atoms with van der Waals surface area (Å²) in [6, 6.07) is 0. The molecule has 0 spiro atoms. The molecule has 1 aliphatic rings. The minimum absolute atomic E-state index is 0.0901. The second-order valence-corrected chi connectivity index (χ2v) is 5.37. The van der Waals surface area contributed by atoms with Crippen molar-refractivity contribution in [1.82, 2.24) is 0 Å². The van der Waals surface area contributed by atoms with Gasteiger partial charge in [-0.15, -0.1) is 0 Å². The first-order chi connectivity index (χ1) is 9.29. The second-order valence-electron chi connectivity index (χ2n) is 4.34. The summed E-state index contributed by atoms with van der Waals surface area (Å²) in [4.78, 5) is 33.2. The molecule has 0 unspecified atom stereocenters. The number of carbonyl (C=O) groups is 3. The Labute approximate surface area is 125 Å². The lowest BCUT2D eigenvalue weighted by Gasteiger charge is -2.38. The van der Waals surface area contributed by atoms with Crippen LogP contribution in [0.3, 0.4) is 0 Å². The van der Waals surface area contributed by atoms with Gasteiger partial charge in [0.1, 0.15) is 23.8 Å². The first kappa shape index (κ1) is 16.9. The first-order valence-electron chi connectivity index (χ1n) is 6.07. The van der Waals surface area contributed by atoms with Crippen molar-refractivity contribution in [2.45, 2.75) is 50.5 Å². The molecule has 0 bridgehead atoms. The number of hydrogen-bond acceptors (Lipinski definition) is 7. The standard InChI is InChI=1S/C12H17BrO7/c1-6(14)17-5-10-12(19-8(3)16)9(18-7(2)15)4-11(13)20-10/h9-12H,4-5H2,1-3H3/t9-,10-,11+,12-/m1/s1. The number of hydrogen-bond donors (Lipinski definition) is 0. The van der Waals surface area contributed by atoms with Crippen molar-refractivity contribution < 1.29 is 33.3 Å². The monoisotopic (exact) mass is 352 g/mol. The summed E-state index contributed by atoms with van der Waals surface area (Å²) in [6.07, 6.45) is -1.85. The van der Waals surface area contributed by atoms with Crippen molar-refractivity contribution >= 4 is 33.8 Å². The summed E-state index contributed by atoms with van der Waals surface area (Å²) in [7, 11) is 0. The predicted octanol–water partition coefficient (Wildman–Crippen LogP) is 0.923. The zero-order valence-corrected chi connectivity index (χ0v) is 13.0. The van der Waals surface area contributed by atoms with Crippen molar-refractivity contribution in [3.05, 3.63) is 0 Å². The van der Waals surface area contributed by atoms with Gasteiger partial charge in [0.15, 0.2) is 6.10 Å². The van der Waals surface area contributed by atoms with Crippen LogP contribution < -0.4 is 0 Å². The Bertz CT molecular complexity index is 384. The molecule has 1 saturated heterocycles. The fourth-order valence-corrected chi connectivity index (χ4v) is 2.53. The first-order valence-corrected chi connectivity index (χ1v) is 6.98. The van der Waals surface area contributed by atoms with Crippen LogP contribution in [0.25, 0.3) is 0 Å². The lowest BCUT2D eigenvalue weighted by Crippen LogP contribution is -2.52. The molecule has 1 aliphatic heterocycles. The van der Waals surface area contributed by atoms with Crippen LogP contribution in [-0.2, 0) is 33.3 Å². The van der Waals surface area contributed by atoms with E-state index in [0.717, 1.165) is 0 Å². The highest BCUT2D eigenvalue weighted by Crippen LogP contribution is 2.28. The molecule has 8 heteroatoms. The molecule has 0 amide bonds. The molecule has 0 aromatic carbocycles. The normalized spacial score (nSPS) is 29.4. The minimum Gasteiger partial charge on any atom is -0.463 e.